The van der Waals surface area contributed by atoms with Crippen molar-refractivity contribution < 1.29 is 26.3 Å². The van der Waals surface area contributed by atoms with E-state index in [0.29, 0.717) is 12.2 Å². The third kappa shape index (κ3) is 6.13. The first-order valence-corrected chi connectivity index (χ1v) is 13.4. The van der Waals surface area contributed by atoms with Crippen LogP contribution >= 0.6 is 0 Å². The number of hydrogen-bond donors (Lipinski definition) is 2. The molecule has 0 aliphatic carbocycles. The number of aromatic nitrogens is 2. The Balaban J connectivity index is 1.65. The van der Waals surface area contributed by atoms with Gasteiger partial charge in [0.05, 0.1) is 24.7 Å². The molecule has 0 unspecified atom stereocenters. The summed E-state index contributed by atoms with van der Waals surface area (Å²) in [7, 11) is -3.48. The molecule has 8 nitrogen and oxygen atoms in total. The number of fused-ring (bicyclic) bond motifs is 1. The second-order valence-corrected chi connectivity index (χ2v) is 11.6. The summed E-state index contributed by atoms with van der Waals surface area (Å²) >= 11 is 0. The van der Waals surface area contributed by atoms with Crippen molar-refractivity contribution in [1.82, 2.24) is 14.7 Å². The minimum atomic E-state index is -3.48. The van der Waals surface area contributed by atoms with E-state index >= 15 is 4.39 Å². The predicted molar refractivity (Wildman–Crippen MR) is 136 cm³/mol. The Kier molecular flexibility index (Phi) is 7.08. The van der Waals surface area contributed by atoms with Crippen molar-refractivity contribution in [1.29, 1.82) is 0 Å². The van der Waals surface area contributed by atoms with Gasteiger partial charge in [0.15, 0.2) is 17.4 Å². The number of rotatable bonds is 7. The standard InChI is InChI=1S/C25H28F3N5O3S/c1-14(2)33-13-25(3,4)36-23-19(27)8-16(9-21(23)33)22-20(28)12-29-24(32-22)31-17-7-6-15(18(26)10-17)11-30-37(5,34)35/h6-10,12,14,30H,11,13H2,1-5H3,(H,29,31,32). The number of ether oxygens (including phenoxy) is 1. The molecule has 0 amide bonds. The zero-order valence-corrected chi connectivity index (χ0v) is 21.9. The Labute approximate surface area is 213 Å². The van der Waals surface area contributed by atoms with Gasteiger partial charge in [0.2, 0.25) is 16.0 Å². The molecular weight excluding hydrogens is 507 g/mol. The van der Waals surface area contributed by atoms with Gasteiger partial charge in [-0.05, 0) is 52.0 Å². The molecule has 0 atom stereocenters. The first kappa shape index (κ1) is 26.7. The summed E-state index contributed by atoms with van der Waals surface area (Å²) in [6, 6.07) is 6.89. The van der Waals surface area contributed by atoms with Crippen molar-refractivity contribution in [3.8, 4) is 17.0 Å². The molecule has 0 saturated heterocycles. The van der Waals surface area contributed by atoms with Crippen molar-refractivity contribution >= 4 is 27.3 Å². The molecule has 1 aromatic heterocycles. The molecule has 2 N–H and O–H groups in total. The quantitative estimate of drug-likeness (QED) is 0.451. The fraction of sp³-hybridized carbons (Fsp3) is 0.360. The van der Waals surface area contributed by atoms with Crippen LogP contribution in [0.2, 0.25) is 0 Å². The molecule has 3 aromatic rings. The van der Waals surface area contributed by atoms with Crippen molar-refractivity contribution in [2.75, 3.05) is 23.0 Å². The van der Waals surface area contributed by atoms with Gasteiger partial charge >= 0.3 is 0 Å². The van der Waals surface area contributed by atoms with Crippen LogP contribution in [0.1, 0.15) is 33.3 Å². The SMILES string of the molecule is CC(C)N1CC(C)(C)Oc2c(F)cc(-c3nc(Nc4ccc(CNS(C)(=O)=O)c(F)c4)ncc3F)cc21. The van der Waals surface area contributed by atoms with Crippen LogP contribution in [0.3, 0.4) is 0 Å². The number of anilines is 3. The molecule has 4 rings (SSSR count). The number of nitrogens with one attached hydrogen (secondary N) is 2. The van der Waals surface area contributed by atoms with Gasteiger partial charge in [0, 0.05) is 29.4 Å². The van der Waals surface area contributed by atoms with Gasteiger partial charge in [-0.3, -0.25) is 0 Å². The third-order valence-electron chi connectivity index (χ3n) is 5.74. The molecule has 0 spiro atoms. The van der Waals surface area contributed by atoms with Gasteiger partial charge in [-0.25, -0.2) is 36.3 Å². The highest BCUT2D eigenvalue weighted by molar-refractivity contribution is 7.88. The normalized spacial score (nSPS) is 14.9. The van der Waals surface area contributed by atoms with Crippen molar-refractivity contribution in [3.05, 3.63) is 59.5 Å². The predicted octanol–water partition coefficient (Wildman–Crippen LogP) is 4.74. The molecular formula is C25H28F3N5O3S. The van der Waals surface area contributed by atoms with Gasteiger partial charge in [-0.2, -0.15) is 0 Å². The van der Waals surface area contributed by atoms with Crippen LogP contribution in [0.15, 0.2) is 36.5 Å². The maximum absolute atomic E-state index is 15.2. The number of sulfonamides is 1. The van der Waals surface area contributed by atoms with Crippen LogP contribution in [0, 0.1) is 17.5 Å². The van der Waals surface area contributed by atoms with E-state index in [1.807, 2.05) is 32.6 Å². The third-order valence-corrected chi connectivity index (χ3v) is 6.41. The Morgan fingerprint density at radius 1 is 1.11 bits per heavy atom. The summed E-state index contributed by atoms with van der Waals surface area (Å²) in [6.45, 7) is 8.01. The molecule has 0 fully saturated rings. The average molecular weight is 536 g/mol. The summed E-state index contributed by atoms with van der Waals surface area (Å²) in [4.78, 5) is 10.1. The van der Waals surface area contributed by atoms with Crippen molar-refractivity contribution in [2.24, 2.45) is 0 Å². The fourth-order valence-corrected chi connectivity index (χ4v) is 4.45. The topological polar surface area (TPSA) is 96.5 Å². The summed E-state index contributed by atoms with van der Waals surface area (Å²) in [5.41, 5.74) is 0.349. The van der Waals surface area contributed by atoms with Crippen molar-refractivity contribution in [2.45, 2.75) is 45.9 Å². The highest BCUT2D eigenvalue weighted by atomic mass is 32.2. The monoisotopic (exact) mass is 535 g/mol. The maximum Gasteiger partial charge on any atom is 0.227 e. The summed E-state index contributed by atoms with van der Waals surface area (Å²) in [5, 5.41) is 2.80. The lowest BCUT2D eigenvalue weighted by Gasteiger charge is -2.43. The zero-order valence-electron chi connectivity index (χ0n) is 21.1. The van der Waals surface area contributed by atoms with Gasteiger partial charge in [-0.1, -0.05) is 6.07 Å². The van der Waals surface area contributed by atoms with Gasteiger partial charge in [0.25, 0.3) is 0 Å². The smallest absolute Gasteiger partial charge is 0.227 e. The van der Waals surface area contributed by atoms with Gasteiger partial charge in [0.1, 0.15) is 17.1 Å². The van der Waals surface area contributed by atoms with E-state index in [1.165, 1.54) is 12.1 Å². The Bertz CT molecular complexity index is 1450. The van der Waals surface area contributed by atoms with E-state index in [2.05, 4.69) is 20.0 Å². The molecule has 0 bridgehead atoms. The molecule has 1 aliphatic rings. The lowest BCUT2D eigenvalue weighted by molar-refractivity contribution is 0.0967. The van der Waals surface area contributed by atoms with E-state index in [4.69, 9.17) is 4.74 Å². The lowest BCUT2D eigenvalue weighted by Crippen LogP contribution is -2.49. The largest absolute Gasteiger partial charge is 0.481 e. The molecule has 0 saturated carbocycles. The molecule has 198 valence electrons. The number of hydrogen-bond acceptors (Lipinski definition) is 7. The van der Waals surface area contributed by atoms with E-state index in [9.17, 15) is 17.2 Å². The second kappa shape index (κ2) is 9.82. The first-order chi connectivity index (χ1) is 17.2. The lowest BCUT2D eigenvalue weighted by atomic mass is 10.0. The highest BCUT2D eigenvalue weighted by Gasteiger charge is 2.35. The minimum absolute atomic E-state index is 0.0333. The molecule has 2 aromatic carbocycles. The van der Waals surface area contributed by atoms with Crippen molar-refractivity contribution in [3.63, 3.8) is 0 Å². The van der Waals surface area contributed by atoms with Gasteiger partial charge < -0.3 is 15.0 Å². The van der Waals surface area contributed by atoms with Crippen LogP contribution in [-0.4, -0.2) is 42.8 Å². The average Bonchev–Trinajstić information content (AvgIpc) is 2.78. The first-order valence-electron chi connectivity index (χ1n) is 11.5. The van der Waals surface area contributed by atoms with Crippen LogP contribution in [0.4, 0.5) is 30.5 Å². The Hall–Kier alpha value is -3.38. The van der Waals surface area contributed by atoms with Gasteiger partial charge in [-0.15, -0.1) is 0 Å². The Morgan fingerprint density at radius 2 is 1.84 bits per heavy atom. The number of nitrogens with zero attached hydrogens (tertiary/aromatic N) is 3. The minimum Gasteiger partial charge on any atom is -0.481 e. The molecule has 1 aliphatic heterocycles. The van der Waals surface area contributed by atoms with Crippen LogP contribution in [-0.2, 0) is 16.6 Å². The van der Waals surface area contributed by atoms with Crippen LogP contribution in [0.25, 0.3) is 11.3 Å². The Morgan fingerprint density at radius 3 is 2.49 bits per heavy atom. The van der Waals surface area contributed by atoms with Crippen LogP contribution in [0.5, 0.6) is 5.75 Å². The number of halogens is 3. The maximum atomic E-state index is 15.2. The number of benzene rings is 2. The second-order valence-electron chi connectivity index (χ2n) is 9.80. The zero-order chi connectivity index (χ0) is 27.1. The molecule has 12 heteroatoms. The van der Waals surface area contributed by atoms with E-state index in [0.717, 1.165) is 24.6 Å². The van der Waals surface area contributed by atoms with Crippen LogP contribution < -0.4 is 19.7 Å². The molecule has 37 heavy (non-hydrogen) atoms. The highest BCUT2D eigenvalue weighted by Crippen LogP contribution is 2.43. The fourth-order valence-electron chi connectivity index (χ4n) is 4.03. The summed E-state index contributed by atoms with van der Waals surface area (Å²) in [5.74, 6) is -1.99. The summed E-state index contributed by atoms with van der Waals surface area (Å²) < 4.78 is 75.1. The molecule has 0 radical (unpaired) electrons. The molecule has 2 heterocycles. The summed E-state index contributed by atoms with van der Waals surface area (Å²) in [6.07, 6.45) is 1.93. The van der Waals surface area contributed by atoms with E-state index < -0.39 is 33.1 Å². The van der Waals surface area contributed by atoms with E-state index in [-0.39, 0.29) is 46.8 Å². The van der Waals surface area contributed by atoms with E-state index in [1.54, 1.807) is 6.07 Å².